The lowest BCUT2D eigenvalue weighted by Gasteiger charge is -2.13. The Kier molecular flexibility index (Phi) is 4.18. The van der Waals surface area contributed by atoms with Crippen molar-refractivity contribution in [3.05, 3.63) is 94.1 Å². The molecule has 8 heteroatoms. The van der Waals surface area contributed by atoms with Gasteiger partial charge in [-0.05, 0) is 29.3 Å². The van der Waals surface area contributed by atoms with Crippen molar-refractivity contribution in [1.29, 1.82) is 0 Å². The number of aromatic nitrogens is 2. The molecule has 1 aliphatic heterocycles. The Bertz CT molecular complexity index is 959. The highest BCUT2D eigenvalue weighted by Crippen LogP contribution is 2.44. The summed E-state index contributed by atoms with van der Waals surface area (Å²) in [5.74, 6) is -0.0756. The first-order valence-electron chi connectivity index (χ1n) is 7.92. The highest BCUT2D eigenvalue weighted by molar-refractivity contribution is 7.99. The van der Waals surface area contributed by atoms with Crippen LogP contribution in [0.4, 0.5) is 5.69 Å². The molecular formula is C18H14N4O3S. The molecular weight excluding hydrogens is 352 g/mol. The second-order valence-corrected chi connectivity index (χ2v) is 6.79. The Morgan fingerprint density at radius 1 is 1.23 bits per heavy atom. The molecule has 3 aromatic rings. The van der Waals surface area contributed by atoms with Gasteiger partial charge in [-0.2, -0.15) is 0 Å². The van der Waals surface area contributed by atoms with Gasteiger partial charge in [0.2, 0.25) is 0 Å². The highest BCUT2D eigenvalue weighted by Gasteiger charge is 2.35. The molecule has 0 aliphatic carbocycles. The number of thioether (sulfide) groups is 1. The Morgan fingerprint density at radius 3 is 2.73 bits per heavy atom. The molecule has 7 nitrogen and oxygen atoms in total. The molecule has 0 radical (unpaired) electrons. The Balaban J connectivity index is 1.72. The van der Waals surface area contributed by atoms with Crippen LogP contribution in [0.2, 0.25) is 0 Å². The minimum Gasteiger partial charge on any atom is -0.332 e. The number of rotatable bonds is 4. The van der Waals surface area contributed by atoms with Crippen molar-refractivity contribution in [2.45, 2.75) is 11.1 Å². The molecule has 0 bridgehead atoms. The summed E-state index contributed by atoms with van der Waals surface area (Å²) in [6.07, 6.45) is 5.28. The summed E-state index contributed by atoms with van der Waals surface area (Å²) in [6.45, 7) is 0. The lowest BCUT2D eigenvalue weighted by atomic mass is 10.2. The number of carbonyl (C=O) groups excluding carboxylic acids is 1. The average Bonchev–Trinajstić information content (AvgIpc) is 3.26. The summed E-state index contributed by atoms with van der Waals surface area (Å²) < 4.78 is 1.96. The molecule has 1 aromatic carbocycles. The van der Waals surface area contributed by atoms with Gasteiger partial charge < -0.3 is 4.57 Å². The van der Waals surface area contributed by atoms with Crippen molar-refractivity contribution in [3.63, 3.8) is 0 Å². The molecule has 0 N–H and O–H groups in total. The lowest BCUT2D eigenvalue weighted by molar-refractivity contribution is -0.481. The van der Waals surface area contributed by atoms with E-state index in [4.69, 9.17) is 0 Å². The molecule has 1 amide bonds. The standard InChI is InChI=1S/C18H14N4O3S/c23-17(13-5-2-1-3-6-13)21(22(24)25)15-8-10-20-16(15)12-26-18(20)14-7-4-9-19-11-14/h1-11,18H,12H2. The smallest absolute Gasteiger partial charge is 0.320 e. The third kappa shape index (κ3) is 2.74. The van der Waals surface area contributed by atoms with Crippen molar-refractivity contribution in [1.82, 2.24) is 9.55 Å². The largest absolute Gasteiger partial charge is 0.332 e. The molecule has 0 spiro atoms. The average molecular weight is 366 g/mol. The molecule has 3 heterocycles. The maximum atomic E-state index is 12.7. The normalized spacial score (nSPS) is 15.5. The van der Waals surface area contributed by atoms with Crippen molar-refractivity contribution in [2.75, 3.05) is 5.01 Å². The van der Waals surface area contributed by atoms with E-state index < -0.39 is 10.9 Å². The number of hydrogen-bond donors (Lipinski definition) is 0. The van der Waals surface area contributed by atoms with E-state index in [9.17, 15) is 14.9 Å². The number of anilines is 1. The van der Waals surface area contributed by atoms with Crippen LogP contribution in [0.25, 0.3) is 0 Å². The SMILES string of the molecule is O=C(c1ccccc1)N(c1ccn2c1CSC2c1cccnc1)[N+](=O)[O-]. The second kappa shape index (κ2) is 6.64. The van der Waals surface area contributed by atoms with Crippen LogP contribution < -0.4 is 5.01 Å². The van der Waals surface area contributed by atoms with Crippen LogP contribution in [0.3, 0.4) is 0 Å². The number of carbonyl (C=O) groups is 1. The van der Waals surface area contributed by atoms with Crippen molar-refractivity contribution in [3.8, 4) is 0 Å². The summed E-state index contributed by atoms with van der Waals surface area (Å²) in [6, 6.07) is 13.7. The summed E-state index contributed by atoms with van der Waals surface area (Å²) in [7, 11) is 0. The van der Waals surface area contributed by atoms with Gasteiger partial charge in [-0.15, -0.1) is 11.8 Å². The number of hydrazine groups is 1. The molecule has 0 saturated carbocycles. The summed E-state index contributed by atoms with van der Waals surface area (Å²) in [5, 5.41) is 11.6. The summed E-state index contributed by atoms with van der Waals surface area (Å²) >= 11 is 1.64. The predicted octanol–water partition coefficient (Wildman–Crippen LogP) is 3.52. The van der Waals surface area contributed by atoms with Crippen LogP contribution in [0, 0.1) is 10.1 Å². The molecule has 1 atom stereocenters. The Morgan fingerprint density at radius 2 is 2.04 bits per heavy atom. The van der Waals surface area contributed by atoms with Gasteiger partial charge in [0.25, 0.3) is 0 Å². The first-order valence-corrected chi connectivity index (χ1v) is 8.96. The number of nitrogens with zero attached hydrogens (tertiary/aromatic N) is 4. The maximum absolute atomic E-state index is 12.7. The number of fused-ring (bicyclic) bond motifs is 1. The summed E-state index contributed by atoms with van der Waals surface area (Å²) in [5.41, 5.74) is 2.35. The number of pyridine rings is 1. The molecule has 26 heavy (non-hydrogen) atoms. The zero-order chi connectivity index (χ0) is 18.1. The molecule has 130 valence electrons. The quantitative estimate of drug-likeness (QED) is 0.521. The van der Waals surface area contributed by atoms with Crippen LogP contribution in [-0.4, -0.2) is 20.5 Å². The first-order chi connectivity index (χ1) is 12.7. The minimum absolute atomic E-state index is 0.00659. The van der Waals surface area contributed by atoms with Crippen molar-refractivity contribution < 1.29 is 9.83 Å². The topological polar surface area (TPSA) is 81.3 Å². The third-order valence-corrected chi connectivity index (χ3v) is 5.46. The van der Waals surface area contributed by atoms with Crippen LogP contribution in [0.15, 0.2) is 67.1 Å². The van der Waals surface area contributed by atoms with E-state index in [0.717, 1.165) is 11.3 Å². The van der Waals surface area contributed by atoms with E-state index in [1.54, 1.807) is 66.8 Å². The number of hydrogen-bond acceptors (Lipinski definition) is 5. The molecule has 0 fully saturated rings. The Labute approximate surface area is 153 Å². The van der Waals surface area contributed by atoms with Gasteiger partial charge in [0.1, 0.15) is 11.1 Å². The third-order valence-electron chi connectivity index (χ3n) is 4.21. The van der Waals surface area contributed by atoms with E-state index in [-0.39, 0.29) is 10.9 Å². The van der Waals surface area contributed by atoms with E-state index in [1.807, 2.05) is 16.7 Å². The number of nitro groups is 1. The van der Waals surface area contributed by atoms with Crippen LogP contribution in [0.1, 0.15) is 27.0 Å². The van der Waals surface area contributed by atoms with Crippen molar-refractivity contribution >= 4 is 23.4 Å². The molecule has 1 aliphatic rings. The molecule has 4 rings (SSSR count). The number of benzene rings is 1. The molecule has 2 aromatic heterocycles. The fraction of sp³-hybridized carbons (Fsp3) is 0.111. The zero-order valence-corrected chi connectivity index (χ0v) is 14.4. The van der Waals surface area contributed by atoms with E-state index in [0.29, 0.717) is 16.4 Å². The fourth-order valence-corrected chi connectivity index (χ4v) is 4.32. The minimum atomic E-state index is -0.659. The monoisotopic (exact) mass is 366 g/mol. The van der Waals surface area contributed by atoms with E-state index in [1.165, 1.54) is 0 Å². The summed E-state index contributed by atoms with van der Waals surface area (Å²) in [4.78, 5) is 28.5. The van der Waals surface area contributed by atoms with Crippen LogP contribution >= 0.6 is 11.8 Å². The van der Waals surface area contributed by atoms with Gasteiger partial charge in [-0.3, -0.25) is 9.78 Å². The highest BCUT2D eigenvalue weighted by atomic mass is 32.2. The van der Waals surface area contributed by atoms with Gasteiger partial charge in [-0.1, -0.05) is 24.3 Å². The van der Waals surface area contributed by atoms with Gasteiger partial charge >= 0.3 is 5.91 Å². The fourth-order valence-electron chi connectivity index (χ4n) is 3.02. The van der Waals surface area contributed by atoms with Crippen LogP contribution in [-0.2, 0) is 5.75 Å². The predicted molar refractivity (Wildman–Crippen MR) is 98.3 cm³/mol. The lowest BCUT2D eigenvalue weighted by Crippen LogP contribution is -2.36. The molecule has 1 unspecified atom stereocenters. The molecule has 0 saturated heterocycles. The Hall–Kier alpha value is -3.13. The van der Waals surface area contributed by atoms with E-state index >= 15 is 0 Å². The first kappa shape index (κ1) is 16.3. The zero-order valence-electron chi connectivity index (χ0n) is 13.6. The van der Waals surface area contributed by atoms with Gasteiger partial charge in [0, 0.05) is 35.5 Å². The van der Waals surface area contributed by atoms with Gasteiger partial charge in [-0.25, -0.2) is 10.1 Å². The maximum Gasteiger partial charge on any atom is 0.320 e. The van der Waals surface area contributed by atoms with E-state index in [2.05, 4.69) is 4.98 Å². The van der Waals surface area contributed by atoms with Crippen molar-refractivity contribution in [2.24, 2.45) is 0 Å². The second-order valence-electron chi connectivity index (χ2n) is 5.73. The van der Waals surface area contributed by atoms with Crippen LogP contribution in [0.5, 0.6) is 0 Å². The van der Waals surface area contributed by atoms with Gasteiger partial charge in [0.05, 0.1) is 5.69 Å². The van der Waals surface area contributed by atoms with Gasteiger partial charge in [0.15, 0.2) is 5.03 Å². The number of amides is 1.